The quantitative estimate of drug-likeness (QED) is 0.878. The van der Waals surface area contributed by atoms with E-state index in [1.807, 2.05) is 6.33 Å². The summed E-state index contributed by atoms with van der Waals surface area (Å²) in [6.45, 7) is 10.2. The SMILES string of the molecule is Cc1c(C)n(CCCN2CCOCC2)c2ncn(C3CCCCC3)c(=N)c12. The predicted molar refractivity (Wildman–Crippen MR) is 107 cm³/mol. The molecule has 0 bridgehead atoms. The fourth-order valence-electron chi connectivity index (χ4n) is 4.75. The van der Waals surface area contributed by atoms with Crippen LogP contribution in [0.5, 0.6) is 0 Å². The minimum Gasteiger partial charge on any atom is -0.379 e. The van der Waals surface area contributed by atoms with Gasteiger partial charge in [0.25, 0.3) is 0 Å². The first kappa shape index (κ1) is 18.7. The number of morpholine rings is 1. The Balaban J connectivity index is 1.57. The van der Waals surface area contributed by atoms with Gasteiger partial charge < -0.3 is 13.9 Å². The molecule has 27 heavy (non-hydrogen) atoms. The lowest BCUT2D eigenvalue weighted by atomic mass is 9.95. The number of rotatable bonds is 5. The van der Waals surface area contributed by atoms with E-state index in [-0.39, 0.29) is 0 Å². The van der Waals surface area contributed by atoms with Gasteiger partial charge in [-0.15, -0.1) is 0 Å². The van der Waals surface area contributed by atoms with Crippen molar-refractivity contribution in [1.29, 1.82) is 5.41 Å². The van der Waals surface area contributed by atoms with Gasteiger partial charge in [-0.1, -0.05) is 19.3 Å². The van der Waals surface area contributed by atoms with E-state index in [1.165, 1.54) is 43.4 Å². The number of aryl methyl sites for hydroxylation is 2. The summed E-state index contributed by atoms with van der Waals surface area (Å²) in [6, 6.07) is 0.451. The molecule has 148 valence electrons. The topological polar surface area (TPSA) is 59.1 Å². The van der Waals surface area contributed by atoms with Gasteiger partial charge in [-0.2, -0.15) is 0 Å². The van der Waals surface area contributed by atoms with Crippen molar-refractivity contribution in [3.8, 4) is 0 Å². The van der Waals surface area contributed by atoms with Crippen molar-refractivity contribution in [2.45, 2.75) is 65.0 Å². The van der Waals surface area contributed by atoms with Crippen LogP contribution in [0.1, 0.15) is 55.8 Å². The zero-order valence-electron chi connectivity index (χ0n) is 16.8. The maximum atomic E-state index is 8.85. The molecule has 0 radical (unpaired) electrons. The lowest BCUT2D eigenvalue weighted by molar-refractivity contribution is 0.0369. The maximum absolute atomic E-state index is 8.85. The normalized spacial score (nSPS) is 19.8. The van der Waals surface area contributed by atoms with Gasteiger partial charge in [0.05, 0.1) is 24.9 Å². The molecule has 0 amide bonds. The van der Waals surface area contributed by atoms with Crippen LogP contribution in [0.2, 0.25) is 0 Å². The van der Waals surface area contributed by atoms with Crippen LogP contribution in [0.4, 0.5) is 0 Å². The van der Waals surface area contributed by atoms with Gasteiger partial charge in [-0.05, 0) is 38.7 Å². The van der Waals surface area contributed by atoms with Crippen LogP contribution in [-0.2, 0) is 11.3 Å². The molecule has 0 atom stereocenters. The highest BCUT2D eigenvalue weighted by molar-refractivity contribution is 5.80. The van der Waals surface area contributed by atoms with Crippen LogP contribution in [0.3, 0.4) is 0 Å². The Labute approximate surface area is 161 Å². The summed E-state index contributed by atoms with van der Waals surface area (Å²) >= 11 is 0. The van der Waals surface area contributed by atoms with Crippen LogP contribution < -0.4 is 5.49 Å². The van der Waals surface area contributed by atoms with Crippen molar-refractivity contribution in [1.82, 2.24) is 19.0 Å². The molecule has 1 aliphatic carbocycles. The standard InChI is InChI=1S/C21H33N5O/c1-16-17(2)25(10-6-9-24-11-13-27-14-12-24)21-19(16)20(22)26(15-23-21)18-7-4-3-5-8-18/h15,18,22H,3-14H2,1-2H3. The summed E-state index contributed by atoms with van der Waals surface area (Å²) in [5, 5.41) is 9.90. The molecule has 4 rings (SSSR count). The first-order valence-electron chi connectivity index (χ1n) is 10.6. The molecule has 1 saturated carbocycles. The van der Waals surface area contributed by atoms with Crippen molar-refractivity contribution in [3.63, 3.8) is 0 Å². The van der Waals surface area contributed by atoms with Gasteiger partial charge in [0.15, 0.2) is 0 Å². The molecule has 2 fully saturated rings. The summed E-state index contributed by atoms with van der Waals surface area (Å²) < 4.78 is 9.90. The number of fused-ring (bicyclic) bond motifs is 1. The highest BCUT2D eigenvalue weighted by Gasteiger charge is 2.20. The molecule has 6 nitrogen and oxygen atoms in total. The number of nitrogens with one attached hydrogen (secondary N) is 1. The largest absolute Gasteiger partial charge is 0.379 e. The molecular weight excluding hydrogens is 338 g/mol. The number of aromatic nitrogens is 3. The fourth-order valence-corrected chi connectivity index (χ4v) is 4.75. The third kappa shape index (κ3) is 3.69. The lowest BCUT2D eigenvalue weighted by Crippen LogP contribution is -2.37. The molecule has 2 aromatic heterocycles. The Morgan fingerprint density at radius 1 is 1.11 bits per heavy atom. The minimum atomic E-state index is 0.451. The second-order valence-electron chi connectivity index (χ2n) is 8.16. The van der Waals surface area contributed by atoms with E-state index in [9.17, 15) is 0 Å². The summed E-state index contributed by atoms with van der Waals surface area (Å²) in [6.07, 6.45) is 9.28. The number of hydrogen-bond acceptors (Lipinski definition) is 4. The van der Waals surface area contributed by atoms with Gasteiger partial charge in [-0.25, -0.2) is 4.98 Å². The molecule has 3 heterocycles. The third-order valence-electron chi connectivity index (χ3n) is 6.53. The maximum Gasteiger partial charge on any atom is 0.145 e. The highest BCUT2D eigenvalue weighted by Crippen LogP contribution is 2.28. The molecule has 0 unspecified atom stereocenters. The molecule has 1 saturated heterocycles. The molecule has 0 aromatic carbocycles. The van der Waals surface area contributed by atoms with Gasteiger partial charge >= 0.3 is 0 Å². The fraction of sp³-hybridized carbons (Fsp3) is 0.714. The molecule has 2 aliphatic rings. The molecule has 1 aliphatic heterocycles. The lowest BCUT2D eigenvalue weighted by Gasteiger charge is -2.26. The van der Waals surface area contributed by atoms with Gasteiger partial charge in [0.2, 0.25) is 0 Å². The minimum absolute atomic E-state index is 0.451. The first-order chi connectivity index (χ1) is 13.2. The van der Waals surface area contributed by atoms with E-state index in [0.717, 1.165) is 56.8 Å². The van der Waals surface area contributed by atoms with Crippen LogP contribution in [-0.4, -0.2) is 51.9 Å². The van der Waals surface area contributed by atoms with Crippen molar-refractivity contribution in [2.75, 3.05) is 32.8 Å². The van der Waals surface area contributed by atoms with Gasteiger partial charge in [0.1, 0.15) is 11.1 Å². The monoisotopic (exact) mass is 371 g/mol. The van der Waals surface area contributed by atoms with E-state index in [0.29, 0.717) is 11.5 Å². The molecular formula is C21H33N5O. The predicted octanol–water partition coefficient (Wildman–Crippen LogP) is 3.16. The Kier molecular flexibility index (Phi) is 5.64. The Bertz CT molecular complexity index is 840. The second kappa shape index (κ2) is 8.15. The molecule has 1 N–H and O–H groups in total. The molecule has 6 heteroatoms. The summed E-state index contributed by atoms with van der Waals surface area (Å²) in [5.74, 6) is 0. The number of ether oxygens (including phenoxy) is 1. The summed E-state index contributed by atoms with van der Waals surface area (Å²) in [4.78, 5) is 7.32. The first-order valence-corrected chi connectivity index (χ1v) is 10.6. The number of hydrogen-bond donors (Lipinski definition) is 1. The zero-order valence-corrected chi connectivity index (χ0v) is 16.8. The van der Waals surface area contributed by atoms with E-state index >= 15 is 0 Å². The average molecular weight is 372 g/mol. The van der Waals surface area contributed by atoms with Crippen LogP contribution in [0.15, 0.2) is 6.33 Å². The highest BCUT2D eigenvalue weighted by atomic mass is 16.5. The smallest absolute Gasteiger partial charge is 0.145 e. The van der Waals surface area contributed by atoms with Crippen LogP contribution >= 0.6 is 0 Å². The van der Waals surface area contributed by atoms with E-state index in [1.54, 1.807) is 0 Å². The van der Waals surface area contributed by atoms with E-state index in [4.69, 9.17) is 15.1 Å². The van der Waals surface area contributed by atoms with Crippen molar-refractivity contribution in [3.05, 3.63) is 23.1 Å². The Hall–Kier alpha value is -1.66. The Morgan fingerprint density at radius 3 is 2.59 bits per heavy atom. The van der Waals surface area contributed by atoms with Gasteiger partial charge in [-0.3, -0.25) is 10.3 Å². The Morgan fingerprint density at radius 2 is 1.85 bits per heavy atom. The summed E-state index contributed by atoms with van der Waals surface area (Å²) in [5.41, 5.74) is 4.12. The molecule has 2 aromatic rings. The van der Waals surface area contributed by atoms with Crippen LogP contribution in [0.25, 0.3) is 11.0 Å². The number of nitrogens with zero attached hydrogens (tertiary/aromatic N) is 4. The zero-order chi connectivity index (χ0) is 18.8. The van der Waals surface area contributed by atoms with Crippen molar-refractivity contribution >= 4 is 11.0 Å². The van der Waals surface area contributed by atoms with Crippen molar-refractivity contribution < 1.29 is 4.74 Å². The second-order valence-corrected chi connectivity index (χ2v) is 8.16. The van der Waals surface area contributed by atoms with E-state index < -0.39 is 0 Å². The molecule has 0 spiro atoms. The van der Waals surface area contributed by atoms with E-state index in [2.05, 4.69) is 27.9 Å². The van der Waals surface area contributed by atoms with Crippen molar-refractivity contribution in [2.24, 2.45) is 0 Å². The van der Waals surface area contributed by atoms with Gasteiger partial charge in [0, 0.05) is 37.9 Å². The third-order valence-corrected chi connectivity index (χ3v) is 6.53. The van der Waals surface area contributed by atoms with Crippen LogP contribution in [0, 0.1) is 19.3 Å². The summed E-state index contributed by atoms with van der Waals surface area (Å²) in [7, 11) is 0. The average Bonchev–Trinajstić information content (AvgIpc) is 2.95.